The lowest BCUT2D eigenvalue weighted by molar-refractivity contribution is -0.130. The molecule has 2 fully saturated rings. The van der Waals surface area contributed by atoms with Crippen LogP contribution in [0.4, 0.5) is 10.5 Å². The van der Waals surface area contributed by atoms with Crippen molar-refractivity contribution in [2.45, 2.75) is 52.7 Å². The summed E-state index contributed by atoms with van der Waals surface area (Å²) in [5, 5.41) is 3.33. The van der Waals surface area contributed by atoms with E-state index in [0.717, 1.165) is 29.2 Å². The molecule has 38 heavy (non-hydrogen) atoms. The van der Waals surface area contributed by atoms with Gasteiger partial charge in [-0.25, -0.2) is 4.79 Å². The van der Waals surface area contributed by atoms with Crippen molar-refractivity contribution in [1.29, 1.82) is 0 Å². The van der Waals surface area contributed by atoms with Gasteiger partial charge in [0.2, 0.25) is 11.8 Å². The van der Waals surface area contributed by atoms with Crippen molar-refractivity contribution < 1.29 is 19.1 Å². The number of benzene rings is 2. The molecule has 0 spiro atoms. The number of hydrogen-bond acceptors (Lipinski definition) is 5. The lowest BCUT2D eigenvalue weighted by atomic mass is 10.1. The number of rotatable bonds is 5. The summed E-state index contributed by atoms with van der Waals surface area (Å²) in [6.45, 7) is 11.4. The van der Waals surface area contributed by atoms with Crippen molar-refractivity contribution in [2.24, 2.45) is 0 Å². The first kappa shape index (κ1) is 29.3. The first-order valence-corrected chi connectivity index (χ1v) is 13.5. The smallest absolute Gasteiger partial charge is 0.408 e. The number of likely N-dealkylation sites (tertiary alicyclic amines) is 1. The number of carbonyl (C=O) groups excluding carboxylic acids is 3. The fourth-order valence-electron chi connectivity index (χ4n) is 4.33. The van der Waals surface area contributed by atoms with Gasteiger partial charge in [0.1, 0.15) is 12.1 Å². The Bertz CT molecular complexity index is 1070. The fraction of sp³-hybridized carbons (Fsp3) is 0.483. The number of anilines is 1. The van der Waals surface area contributed by atoms with Gasteiger partial charge in [-0.1, -0.05) is 47.5 Å². The van der Waals surface area contributed by atoms with Crippen LogP contribution in [0.25, 0.3) is 0 Å². The maximum Gasteiger partial charge on any atom is 0.408 e. The SMILES string of the molecule is CC(C)(C)OC(=O)NCC(=O)N1CCN(c2ccccc2CN2CCCC2=O)CC1.Cc1ccc(Cl)cc1. The maximum atomic E-state index is 12.4. The molecule has 4 rings (SSSR count). The van der Waals surface area contributed by atoms with E-state index in [2.05, 4.69) is 22.3 Å². The van der Waals surface area contributed by atoms with Crippen molar-refractivity contribution in [3.05, 3.63) is 64.7 Å². The summed E-state index contributed by atoms with van der Waals surface area (Å²) in [5.41, 5.74) is 2.91. The van der Waals surface area contributed by atoms with Gasteiger partial charge >= 0.3 is 6.09 Å². The van der Waals surface area contributed by atoms with Crippen molar-refractivity contribution in [3.8, 4) is 0 Å². The Morgan fingerprint density at radius 3 is 2.21 bits per heavy atom. The highest BCUT2D eigenvalue weighted by molar-refractivity contribution is 6.30. The van der Waals surface area contributed by atoms with Crippen LogP contribution in [-0.4, -0.2) is 72.6 Å². The molecule has 8 nitrogen and oxygen atoms in total. The average molecular weight is 543 g/mol. The second-order valence-corrected chi connectivity index (χ2v) is 11.0. The fourth-order valence-corrected chi connectivity index (χ4v) is 4.46. The number of para-hydroxylation sites is 1. The second kappa shape index (κ2) is 13.5. The number of carbonyl (C=O) groups is 3. The molecule has 2 aromatic carbocycles. The summed E-state index contributed by atoms with van der Waals surface area (Å²) >= 11 is 5.61. The van der Waals surface area contributed by atoms with Crippen molar-refractivity contribution in [1.82, 2.24) is 15.1 Å². The minimum Gasteiger partial charge on any atom is -0.444 e. The van der Waals surface area contributed by atoms with Gasteiger partial charge in [0.15, 0.2) is 0 Å². The Morgan fingerprint density at radius 2 is 1.63 bits per heavy atom. The van der Waals surface area contributed by atoms with E-state index in [-0.39, 0.29) is 18.4 Å². The third-order valence-electron chi connectivity index (χ3n) is 6.29. The Hall–Kier alpha value is -3.26. The molecule has 2 aromatic rings. The lowest BCUT2D eigenvalue weighted by Crippen LogP contribution is -2.51. The van der Waals surface area contributed by atoms with Crippen LogP contribution in [0.5, 0.6) is 0 Å². The molecule has 9 heteroatoms. The minimum absolute atomic E-state index is 0.0669. The van der Waals surface area contributed by atoms with E-state index in [4.69, 9.17) is 16.3 Å². The summed E-state index contributed by atoms with van der Waals surface area (Å²) in [5.74, 6) is 0.106. The predicted molar refractivity (Wildman–Crippen MR) is 150 cm³/mol. The highest BCUT2D eigenvalue weighted by atomic mass is 35.5. The third kappa shape index (κ3) is 9.24. The number of aryl methyl sites for hydroxylation is 1. The van der Waals surface area contributed by atoms with E-state index in [0.29, 0.717) is 39.1 Å². The van der Waals surface area contributed by atoms with E-state index < -0.39 is 11.7 Å². The Labute approximate surface area is 230 Å². The maximum absolute atomic E-state index is 12.4. The summed E-state index contributed by atoms with van der Waals surface area (Å²) in [4.78, 5) is 42.1. The molecule has 2 aliphatic heterocycles. The van der Waals surface area contributed by atoms with Crippen LogP contribution < -0.4 is 10.2 Å². The van der Waals surface area contributed by atoms with E-state index in [9.17, 15) is 14.4 Å². The first-order valence-electron chi connectivity index (χ1n) is 13.1. The second-order valence-electron chi connectivity index (χ2n) is 10.6. The van der Waals surface area contributed by atoms with Gasteiger partial charge < -0.3 is 24.8 Å². The first-order chi connectivity index (χ1) is 18.0. The molecule has 0 radical (unpaired) electrons. The molecule has 0 unspecified atom stereocenters. The van der Waals surface area contributed by atoms with Crippen LogP contribution >= 0.6 is 11.6 Å². The van der Waals surface area contributed by atoms with E-state index in [1.807, 2.05) is 48.2 Å². The molecule has 0 bridgehead atoms. The molecular weight excluding hydrogens is 504 g/mol. The van der Waals surface area contributed by atoms with Crippen LogP contribution in [0, 0.1) is 6.92 Å². The van der Waals surface area contributed by atoms with Gasteiger partial charge in [-0.15, -0.1) is 0 Å². The molecule has 3 amide bonds. The van der Waals surface area contributed by atoms with Gasteiger partial charge in [-0.3, -0.25) is 9.59 Å². The van der Waals surface area contributed by atoms with Crippen LogP contribution in [-0.2, 0) is 20.9 Å². The average Bonchev–Trinajstić information content (AvgIpc) is 3.28. The Kier molecular flexibility index (Phi) is 10.4. The third-order valence-corrected chi connectivity index (χ3v) is 6.54. The number of ether oxygens (including phenoxy) is 1. The summed E-state index contributed by atoms with van der Waals surface area (Å²) in [7, 11) is 0. The van der Waals surface area contributed by atoms with Gasteiger partial charge in [0.25, 0.3) is 0 Å². The normalized spacial score (nSPS) is 15.6. The molecule has 0 aromatic heterocycles. The highest BCUT2D eigenvalue weighted by Crippen LogP contribution is 2.25. The lowest BCUT2D eigenvalue weighted by Gasteiger charge is -2.37. The molecule has 1 N–H and O–H groups in total. The van der Waals surface area contributed by atoms with Crippen molar-refractivity contribution >= 4 is 35.2 Å². The molecule has 0 aliphatic carbocycles. The highest BCUT2D eigenvalue weighted by Gasteiger charge is 2.25. The number of piperazine rings is 1. The summed E-state index contributed by atoms with van der Waals surface area (Å²) < 4.78 is 5.17. The van der Waals surface area contributed by atoms with Crippen LogP contribution in [0.1, 0.15) is 44.7 Å². The molecule has 2 heterocycles. The Balaban J connectivity index is 0.000000427. The quantitative estimate of drug-likeness (QED) is 0.595. The monoisotopic (exact) mass is 542 g/mol. The minimum atomic E-state index is -0.591. The van der Waals surface area contributed by atoms with E-state index >= 15 is 0 Å². The van der Waals surface area contributed by atoms with Gasteiger partial charge in [-0.05, 0) is 57.9 Å². The molecule has 206 valence electrons. The molecule has 0 saturated carbocycles. The van der Waals surface area contributed by atoms with Gasteiger partial charge in [0, 0.05) is 56.4 Å². The number of halogens is 1. The van der Waals surface area contributed by atoms with Crippen molar-refractivity contribution in [2.75, 3.05) is 44.2 Å². The predicted octanol–water partition coefficient (Wildman–Crippen LogP) is 4.63. The zero-order valence-corrected chi connectivity index (χ0v) is 23.6. The van der Waals surface area contributed by atoms with Crippen LogP contribution in [0.15, 0.2) is 48.5 Å². The number of nitrogens with one attached hydrogen (secondary N) is 1. The number of nitrogens with zero attached hydrogens (tertiary/aromatic N) is 3. The summed E-state index contributed by atoms with van der Waals surface area (Å²) in [6.07, 6.45) is 0.985. The standard InChI is InChI=1S/C22H32N4O4.C7H7Cl/c1-22(2,3)30-21(29)23-15-20(28)25-13-11-24(12-14-25)18-8-5-4-7-17(18)16-26-10-6-9-19(26)27;1-6-2-4-7(8)5-3-6/h4-5,7-8H,6,9-16H2,1-3H3,(H,23,29);2-5H,1H3. The Morgan fingerprint density at radius 1 is 0.974 bits per heavy atom. The van der Waals surface area contributed by atoms with Crippen molar-refractivity contribution in [3.63, 3.8) is 0 Å². The zero-order valence-electron chi connectivity index (χ0n) is 22.8. The number of alkyl carbamates (subject to hydrolysis) is 1. The van der Waals surface area contributed by atoms with Gasteiger partial charge in [-0.2, -0.15) is 0 Å². The molecule has 0 atom stereocenters. The molecule has 2 aliphatic rings. The number of amides is 3. The van der Waals surface area contributed by atoms with Crippen LogP contribution in [0.2, 0.25) is 5.02 Å². The molecular formula is C29H39ClN4O4. The zero-order chi connectivity index (χ0) is 27.7. The molecule has 2 saturated heterocycles. The van der Waals surface area contributed by atoms with E-state index in [1.165, 1.54) is 5.56 Å². The van der Waals surface area contributed by atoms with Crippen LogP contribution in [0.3, 0.4) is 0 Å². The summed E-state index contributed by atoms with van der Waals surface area (Å²) in [6, 6.07) is 15.9. The van der Waals surface area contributed by atoms with E-state index in [1.54, 1.807) is 25.7 Å². The number of hydrogen-bond donors (Lipinski definition) is 1. The largest absolute Gasteiger partial charge is 0.444 e. The van der Waals surface area contributed by atoms with Gasteiger partial charge in [0.05, 0.1) is 0 Å². The topological polar surface area (TPSA) is 82.2 Å².